The normalized spacial score (nSPS) is 15.3. The van der Waals surface area contributed by atoms with E-state index in [0.717, 1.165) is 12.1 Å². The van der Waals surface area contributed by atoms with E-state index in [9.17, 15) is 17.6 Å². The van der Waals surface area contributed by atoms with Crippen LogP contribution in [-0.2, 0) is 9.84 Å². The third-order valence-corrected chi connectivity index (χ3v) is 9.87. The number of benzene rings is 3. The summed E-state index contributed by atoms with van der Waals surface area (Å²) in [6.07, 6.45) is 0.467. The molecule has 4 aromatic rings. The molecule has 47 heavy (non-hydrogen) atoms. The van der Waals surface area contributed by atoms with Gasteiger partial charge in [0.1, 0.15) is 33.7 Å². The molecule has 0 amide bonds. The molecule has 1 fully saturated rings. The van der Waals surface area contributed by atoms with E-state index >= 15 is 0 Å². The minimum Gasteiger partial charge on any atom is -0.496 e. The molecule has 1 N–H and O–H groups in total. The lowest BCUT2D eigenvalue weighted by Crippen LogP contribution is -2.54. The lowest BCUT2D eigenvalue weighted by molar-refractivity contribution is 0.202. The second-order valence-corrected chi connectivity index (χ2v) is 12.8. The molecular weight excluding hydrogens is 635 g/mol. The maximum atomic E-state index is 14.0. The summed E-state index contributed by atoms with van der Waals surface area (Å²) in [5.74, 6) is 1.32. The van der Waals surface area contributed by atoms with Crippen molar-refractivity contribution >= 4 is 20.8 Å². The SMILES string of the molecule is COc1cc(OC)c2c(=O)c(OCCCN3CCNC(S(=O)(=O)c4ccc(F)cc4)C3)c(-c3cc(OC)c(OC)c(OC)c3)oc2c1. The van der Waals surface area contributed by atoms with Crippen molar-refractivity contribution in [3.05, 3.63) is 64.6 Å². The zero-order chi connectivity index (χ0) is 33.7. The van der Waals surface area contributed by atoms with Crippen molar-refractivity contribution in [1.29, 1.82) is 0 Å². The highest BCUT2D eigenvalue weighted by molar-refractivity contribution is 7.92. The first-order valence-corrected chi connectivity index (χ1v) is 16.3. The molecule has 252 valence electrons. The Morgan fingerprint density at radius 1 is 0.894 bits per heavy atom. The Balaban J connectivity index is 1.42. The van der Waals surface area contributed by atoms with Gasteiger partial charge >= 0.3 is 0 Å². The number of fused-ring (bicyclic) bond motifs is 1. The number of methoxy groups -OCH3 is 5. The molecule has 0 radical (unpaired) electrons. The van der Waals surface area contributed by atoms with Gasteiger partial charge in [-0.1, -0.05) is 0 Å². The van der Waals surface area contributed by atoms with Crippen molar-refractivity contribution < 1.29 is 45.6 Å². The van der Waals surface area contributed by atoms with E-state index < -0.39 is 26.5 Å². The van der Waals surface area contributed by atoms with E-state index in [1.54, 1.807) is 24.3 Å². The summed E-state index contributed by atoms with van der Waals surface area (Å²) in [6.45, 7) is 1.91. The molecule has 0 bridgehead atoms. The molecular formula is C33H37FN2O10S. The van der Waals surface area contributed by atoms with Crippen LogP contribution < -0.4 is 39.2 Å². The van der Waals surface area contributed by atoms with Crippen molar-refractivity contribution in [3.63, 3.8) is 0 Å². The van der Waals surface area contributed by atoms with Gasteiger partial charge in [-0.3, -0.25) is 15.0 Å². The summed E-state index contributed by atoms with van der Waals surface area (Å²) in [6, 6.07) is 11.3. The van der Waals surface area contributed by atoms with Gasteiger partial charge in [0.05, 0.1) is 47.1 Å². The standard InChI is InChI=1S/C33H37FN2O10S/c1-40-22-17-24(41-2)29-25(18-22)46-31(20-15-26(42-3)32(44-5)27(16-20)43-4)33(30(29)37)45-14-6-12-36-13-11-35-28(19-36)47(38,39)23-9-7-21(34)8-10-23/h7-10,15-18,28,35H,6,11-14,19H2,1-5H3. The van der Waals surface area contributed by atoms with Gasteiger partial charge in [0.25, 0.3) is 0 Å². The van der Waals surface area contributed by atoms with E-state index in [-0.39, 0.29) is 46.3 Å². The van der Waals surface area contributed by atoms with Crippen LogP contribution in [-0.4, -0.2) is 87.0 Å². The number of halogens is 1. The number of hydrogen-bond acceptors (Lipinski definition) is 12. The molecule has 0 saturated carbocycles. The number of hydrogen-bond donors (Lipinski definition) is 1. The van der Waals surface area contributed by atoms with Crippen LogP contribution in [0.5, 0.6) is 34.5 Å². The number of nitrogens with one attached hydrogen (secondary N) is 1. The van der Waals surface area contributed by atoms with Gasteiger partial charge in [-0.25, -0.2) is 12.8 Å². The van der Waals surface area contributed by atoms with Crippen LogP contribution in [0, 0.1) is 5.82 Å². The molecule has 0 spiro atoms. The predicted molar refractivity (Wildman–Crippen MR) is 173 cm³/mol. The summed E-state index contributed by atoms with van der Waals surface area (Å²) < 4.78 is 79.6. The second kappa shape index (κ2) is 14.5. The Bertz CT molecular complexity index is 1870. The van der Waals surface area contributed by atoms with Crippen molar-refractivity contribution in [2.75, 3.05) is 68.3 Å². The summed E-state index contributed by atoms with van der Waals surface area (Å²) >= 11 is 0. The number of piperazine rings is 1. The average molecular weight is 673 g/mol. The van der Waals surface area contributed by atoms with E-state index in [4.69, 9.17) is 32.8 Å². The molecule has 2 heterocycles. The molecule has 1 unspecified atom stereocenters. The third-order valence-electron chi connectivity index (χ3n) is 7.88. The van der Waals surface area contributed by atoms with Gasteiger partial charge in [0, 0.05) is 43.9 Å². The average Bonchev–Trinajstić information content (AvgIpc) is 3.09. The first kappa shape index (κ1) is 33.8. The monoisotopic (exact) mass is 672 g/mol. The van der Waals surface area contributed by atoms with E-state index in [2.05, 4.69) is 5.32 Å². The number of rotatable bonds is 13. The Morgan fingerprint density at radius 2 is 1.57 bits per heavy atom. The Kier molecular flexibility index (Phi) is 10.4. The highest BCUT2D eigenvalue weighted by atomic mass is 32.2. The minimum atomic E-state index is -3.73. The van der Waals surface area contributed by atoms with Crippen molar-refractivity contribution in [3.8, 4) is 45.8 Å². The maximum Gasteiger partial charge on any atom is 0.239 e. The fourth-order valence-corrected chi connectivity index (χ4v) is 7.08. The van der Waals surface area contributed by atoms with Crippen LogP contribution in [0.3, 0.4) is 0 Å². The first-order chi connectivity index (χ1) is 22.6. The summed E-state index contributed by atoms with van der Waals surface area (Å²) in [5, 5.41) is 2.38. The summed E-state index contributed by atoms with van der Waals surface area (Å²) in [7, 11) is 3.66. The van der Waals surface area contributed by atoms with Crippen LogP contribution >= 0.6 is 0 Å². The number of ether oxygens (including phenoxy) is 6. The highest BCUT2D eigenvalue weighted by Gasteiger charge is 2.32. The van der Waals surface area contributed by atoms with Gasteiger partial charge in [-0.15, -0.1) is 0 Å². The lowest BCUT2D eigenvalue weighted by Gasteiger charge is -2.33. The first-order valence-electron chi connectivity index (χ1n) is 14.8. The number of nitrogens with zero attached hydrogens (tertiary/aromatic N) is 1. The van der Waals surface area contributed by atoms with Crippen LogP contribution in [0.2, 0.25) is 0 Å². The van der Waals surface area contributed by atoms with E-state index in [1.165, 1.54) is 47.7 Å². The van der Waals surface area contributed by atoms with Gasteiger partial charge < -0.3 is 32.8 Å². The Hall–Kier alpha value is -4.53. The van der Waals surface area contributed by atoms with E-state index in [0.29, 0.717) is 54.6 Å². The molecule has 1 aromatic heterocycles. The Labute approximate surface area is 271 Å². The quantitative estimate of drug-likeness (QED) is 0.162. The molecule has 14 heteroatoms. The summed E-state index contributed by atoms with van der Waals surface area (Å²) in [4.78, 5) is 16.1. The third kappa shape index (κ3) is 6.94. The highest BCUT2D eigenvalue weighted by Crippen LogP contribution is 2.44. The van der Waals surface area contributed by atoms with Crippen LogP contribution in [0.1, 0.15) is 6.42 Å². The van der Waals surface area contributed by atoms with Gasteiger partial charge in [0.2, 0.25) is 16.9 Å². The molecule has 1 atom stereocenters. The van der Waals surface area contributed by atoms with Crippen molar-refractivity contribution in [2.24, 2.45) is 0 Å². The molecule has 1 aliphatic heterocycles. The van der Waals surface area contributed by atoms with Crippen LogP contribution in [0.15, 0.2) is 62.6 Å². The van der Waals surface area contributed by atoms with Gasteiger partial charge in [-0.05, 0) is 42.8 Å². The molecule has 5 rings (SSSR count). The molecule has 1 aliphatic rings. The lowest BCUT2D eigenvalue weighted by atomic mass is 10.1. The predicted octanol–water partition coefficient (Wildman–Crippen LogP) is 4.12. The molecule has 3 aromatic carbocycles. The Morgan fingerprint density at radius 3 is 2.19 bits per heavy atom. The largest absolute Gasteiger partial charge is 0.496 e. The van der Waals surface area contributed by atoms with Gasteiger partial charge in [-0.2, -0.15) is 0 Å². The fraction of sp³-hybridized carbons (Fsp3) is 0.364. The minimum absolute atomic E-state index is 0.0488. The maximum absolute atomic E-state index is 14.0. The number of sulfone groups is 1. The molecule has 1 saturated heterocycles. The second-order valence-electron chi connectivity index (χ2n) is 10.7. The van der Waals surface area contributed by atoms with Crippen LogP contribution in [0.4, 0.5) is 4.39 Å². The van der Waals surface area contributed by atoms with Crippen molar-refractivity contribution in [2.45, 2.75) is 16.7 Å². The fourth-order valence-electron chi connectivity index (χ4n) is 5.49. The van der Waals surface area contributed by atoms with Crippen LogP contribution in [0.25, 0.3) is 22.3 Å². The van der Waals surface area contributed by atoms with E-state index in [1.807, 2.05) is 4.90 Å². The van der Waals surface area contributed by atoms with Gasteiger partial charge in [0.15, 0.2) is 27.1 Å². The zero-order valence-corrected chi connectivity index (χ0v) is 27.6. The molecule has 0 aliphatic carbocycles. The summed E-state index contributed by atoms with van der Waals surface area (Å²) in [5.41, 5.74) is 0.199. The smallest absolute Gasteiger partial charge is 0.239 e. The molecule has 12 nitrogen and oxygen atoms in total. The topological polar surface area (TPSA) is 135 Å². The zero-order valence-electron chi connectivity index (χ0n) is 26.8. The van der Waals surface area contributed by atoms with Crippen molar-refractivity contribution in [1.82, 2.24) is 10.2 Å².